The largest absolute Gasteiger partial charge is 0.468 e. The molecule has 0 aliphatic carbocycles. The number of halogens is 3. The summed E-state index contributed by atoms with van der Waals surface area (Å²) in [5, 5.41) is 10.3. The van der Waals surface area contributed by atoms with Crippen molar-refractivity contribution in [1.82, 2.24) is 9.88 Å². The van der Waals surface area contributed by atoms with Crippen LogP contribution in [0.15, 0.2) is 43.0 Å². The first-order valence-corrected chi connectivity index (χ1v) is 12.1. The average Bonchev–Trinajstić information content (AvgIpc) is 2.91. The number of carbonyl (C=O) groups is 2. The minimum Gasteiger partial charge on any atom is -0.468 e. The smallest absolute Gasteiger partial charge is 0.251 e. The van der Waals surface area contributed by atoms with Crippen LogP contribution in [0.1, 0.15) is 0 Å². The molecule has 3 aromatic rings. The molecule has 8 nitrogen and oxygen atoms in total. The fourth-order valence-electron chi connectivity index (χ4n) is 5.34. The predicted octanol–water partition coefficient (Wildman–Crippen LogP) is 3.14. The molecule has 11 heteroatoms. The van der Waals surface area contributed by atoms with Crippen molar-refractivity contribution in [3.63, 3.8) is 0 Å². The van der Waals surface area contributed by atoms with Gasteiger partial charge in [-0.3, -0.25) is 9.59 Å². The van der Waals surface area contributed by atoms with E-state index in [1.54, 1.807) is 11.0 Å². The van der Waals surface area contributed by atoms with Crippen LogP contribution in [0.25, 0.3) is 22.0 Å². The Balaban J connectivity index is 1.60. The molecule has 1 saturated heterocycles. The molecule has 2 aromatic carbocycles. The number of piperazine rings is 1. The first kappa shape index (κ1) is 23.6. The van der Waals surface area contributed by atoms with E-state index in [9.17, 15) is 19.1 Å². The highest BCUT2D eigenvalue weighted by molar-refractivity contribution is 6.34. The van der Waals surface area contributed by atoms with Crippen molar-refractivity contribution in [2.75, 3.05) is 42.6 Å². The van der Waals surface area contributed by atoms with Crippen molar-refractivity contribution < 1.29 is 28.2 Å². The molecule has 4 heterocycles. The summed E-state index contributed by atoms with van der Waals surface area (Å²) in [6.45, 7) is 3.99. The Morgan fingerprint density at radius 3 is 2.68 bits per heavy atom. The number of nitrogens with zero attached hydrogens (tertiary/aromatic N) is 4. The van der Waals surface area contributed by atoms with Gasteiger partial charge in [-0.1, -0.05) is 30.3 Å². The lowest BCUT2D eigenvalue weighted by Crippen LogP contribution is -2.65. The number of hydrogen-bond acceptors (Lipinski definition) is 6. The quantitative estimate of drug-likeness (QED) is 0.528. The first-order valence-electron chi connectivity index (χ1n) is 11.7. The van der Waals surface area contributed by atoms with Gasteiger partial charge in [0.25, 0.3) is 5.91 Å². The number of benzene rings is 2. The lowest BCUT2D eigenvalue weighted by molar-refractivity contribution is -0.128. The molecule has 3 aliphatic rings. The summed E-state index contributed by atoms with van der Waals surface area (Å²) < 4.78 is 35.5. The number of rotatable bonds is 3. The molecule has 0 spiro atoms. The van der Waals surface area contributed by atoms with Gasteiger partial charge in [-0.2, -0.15) is 0 Å². The highest BCUT2D eigenvalue weighted by atomic mass is 35.5. The monoisotopic (exact) mass is 526 g/mol. The van der Waals surface area contributed by atoms with Gasteiger partial charge in [0.15, 0.2) is 5.82 Å². The van der Waals surface area contributed by atoms with Gasteiger partial charge in [-0.25, -0.2) is 13.8 Å². The van der Waals surface area contributed by atoms with Crippen molar-refractivity contribution in [3.8, 4) is 17.0 Å². The second-order valence-corrected chi connectivity index (χ2v) is 9.54. The maximum atomic E-state index is 16.1. The zero-order valence-electron chi connectivity index (χ0n) is 19.5. The van der Waals surface area contributed by atoms with E-state index in [-0.39, 0.29) is 53.5 Å². The van der Waals surface area contributed by atoms with E-state index in [0.29, 0.717) is 35.4 Å². The number of ether oxygens (including phenoxy) is 1. The van der Waals surface area contributed by atoms with Crippen LogP contribution in [0.5, 0.6) is 5.88 Å². The third kappa shape index (κ3) is 3.54. The van der Waals surface area contributed by atoms with Crippen LogP contribution in [-0.2, 0) is 9.59 Å². The minimum atomic E-state index is -0.762. The fraction of sp³-hybridized carbons (Fsp3) is 0.269. The number of carbonyl (C=O) groups excluding carboxylic acids is 2. The molecule has 0 unspecified atom stereocenters. The van der Waals surface area contributed by atoms with Gasteiger partial charge in [-0.15, -0.1) is 0 Å². The van der Waals surface area contributed by atoms with Crippen molar-refractivity contribution in [2.45, 2.75) is 12.1 Å². The molecule has 0 bridgehead atoms. The molecule has 0 saturated carbocycles. The van der Waals surface area contributed by atoms with E-state index in [1.165, 1.54) is 35.2 Å². The zero-order chi connectivity index (χ0) is 26.0. The van der Waals surface area contributed by atoms with Crippen LogP contribution in [0.4, 0.5) is 20.2 Å². The molecule has 6 rings (SSSR count). The van der Waals surface area contributed by atoms with Crippen molar-refractivity contribution >= 4 is 45.7 Å². The summed E-state index contributed by atoms with van der Waals surface area (Å²) in [6, 6.07) is 6.14. The van der Waals surface area contributed by atoms with Gasteiger partial charge in [-0.05, 0) is 29.8 Å². The van der Waals surface area contributed by atoms with Crippen molar-refractivity contribution in [1.29, 1.82) is 0 Å². The average molecular weight is 527 g/mol. The number of hydrogen-bond donors (Lipinski definition) is 1. The van der Waals surface area contributed by atoms with Crippen molar-refractivity contribution in [3.05, 3.63) is 59.6 Å². The standard InChI is InChI=1S/C26H21ClF2N4O4/c1-2-19(35)31-7-8-32-18(11-31)26(36)33-10-15(12-34)37-25-24(33)23(32)16-9-17(27)20(21(29)22(16)30-25)13-3-5-14(28)6-4-13/h2-6,9,15,18,34H,1,7-8,10-12H2/t15-,18+/m0/s1. The molecule has 2 amide bonds. The third-order valence-corrected chi connectivity index (χ3v) is 7.36. The second kappa shape index (κ2) is 8.67. The Hall–Kier alpha value is -3.76. The molecule has 190 valence electrons. The van der Waals surface area contributed by atoms with E-state index in [1.807, 2.05) is 4.90 Å². The van der Waals surface area contributed by atoms with Gasteiger partial charge >= 0.3 is 0 Å². The van der Waals surface area contributed by atoms with Gasteiger partial charge in [0, 0.05) is 24.0 Å². The highest BCUT2D eigenvalue weighted by Crippen LogP contribution is 2.51. The van der Waals surface area contributed by atoms with Crippen LogP contribution in [0, 0.1) is 11.6 Å². The Kier molecular flexibility index (Phi) is 5.54. The lowest BCUT2D eigenvalue weighted by Gasteiger charge is -2.50. The Morgan fingerprint density at radius 1 is 1.22 bits per heavy atom. The molecule has 1 aromatic heterocycles. The van der Waals surface area contributed by atoms with Crippen LogP contribution >= 0.6 is 11.6 Å². The Morgan fingerprint density at radius 2 is 1.97 bits per heavy atom. The molecule has 3 aliphatic heterocycles. The SMILES string of the molecule is C=CC(=O)N1CCN2c3c4c(nc5c(F)c(-c6ccc(F)cc6)c(Cl)cc35)O[C@H](CO)CN4C(=O)[C@H]2C1. The highest BCUT2D eigenvalue weighted by Gasteiger charge is 2.47. The molecule has 0 radical (unpaired) electrons. The maximum absolute atomic E-state index is 16.1. The molecular weight excluding hydrogens is 506 g/mol. The molecular formula is C26H21ClF2N4O4. The van der Waals surface area contributed by atoms with Crippen LogP contribution < -0.4 is 14.5 Å². The topological polar surface area (TPSA) is 86.2 Å². The van der Waals surface area contributed by atoms with Crippen LogP contribution in [0.3, 0.4) is 0 Å². The summed E-state index contributed by atoms with van der Waals surface area (Å²) >= 11 is 6.59. The number of fused-ring (bicyclic) bond motifs is 4. The zero-order valence-corrected chi connectivity index (χ0v) is 20.2. The number of amides is 2. The normalized spacial score (nSPS) is 20.4. The summed E-state index contributed by atoms with van der Waals surface area (Å²) in [7, 11) is 0. The number of aliphatic hydroxyl groups is 1. The van der Waals surface area contributed by atoms with Gasteiger partial charge in [0.2, 0.25) is 11.8 Å². The lowest BCUT2D eigenvalue weighted by atomic mass is 9.96. The van der Waals surface area contributed by atoms with Gasteiger partial charge < -0.3 is 24.5 Å². The van der Waals surface area contributed by atoms with Gasteiger partial charge in [0.05, 0.1) is 30.4 Å². The van der Waals surface area contributed by atoms with Crippen LogP contribution in [0.2, 0.25) is 5.02 Å². The minimum absolute atomic E-state index is 0.0236. The van der Waals surface area contributed by atoms with Crippen molar-refractivity contribution in [2.24, 2.45) is 0 Å². The van der Waals surface area contributed by atoms with E-state index in [0.717, 1.165) is 0 Å². The van der Waals surface area contributed by atoms with E-state index < -0.39 is 23.8 Å². The number of anilines is 2. The van der Waals surface area contributed by atoms with E-state index in [4.69, 9.17) is 16.3 Å². The fourth-order valence-corrected chi connectivity index (χ4v) is 5.64. The predicted molar refractivity (Wildman–Crippen MR) is 134 cm³/mol. The first-order chi connectivity index (χ1) is 17.8. The Labute approximate surface area is 215 Å². The van der Waals surface area contributed by atoms with E-state index >= 15 is 4.39 Å². The van der Waals surface area contributed by atoms with E-state index in [2.05, 4.69) is 11.6 Å². The summed E-state index contributed by atoms with van der Waals surface area (Å²) in [5.74, 6) is -1.72. The third-order valence-electron chi connectivity index (χ3n) is 7.06. The summed E-state index contributed by atoms with van der Waals surface area (Å²) in [5.41, 5.74) is 1.31. The molecule has 37 heavy (non-hydrogen) atoms. The van der Waals surface area contributed by atoms with Crippen LogP contribution in [-0.4, -0.2) is 71.7 Å². The van der Waals surface area contributed by atoms with Gasteiger partial charge in [0.1, 0.15) is 29.2 Å². The second-order valence-electron chi connectivity index (χ2n) is 9.13. The summed E-state index contributed by atoms with van der Waals surface area (Å²) in [6.07, 6.45) is 0.444. The Bertz CT molecular complexity index is 1480. The molecule has 1 N–H and O–H groups in total. The summed E-state index contributed by atoms with van der Waals surface area (Å²) in [4.78, 5) is 35.2. The number of pyridine rings is 1. The molecule has 1 fully saturated rings. The molecule has 2 atom stereocenters. The number of aliphatic hydroxyl groups excluding tert-OH is 1. The maximum Gasteiger partial charge on any atom is 0.251 e. The number of aromatic nitrogens is 1.